The van der Waals surface area contributed by atoms with Crippen LogP contribution in [-0.2, 0) is 10.5 Å². The minimum absolute atomic E-state index is 0.0474. The van der Waals surface area contributed by atoms with Gasteiger partial charge in [0.25, 0.3) is 0 Å². The molecule has 0 fully saturated rings. The third kappa shape index (κ3) is 4.83. The topological polar surface area (TPSA) is 73.4 Å². The minimum Gasteiger partial charge on any atom is -0.468 e. The molecule has 0 aliphatic rings. The van der Waals surface area contributed by atoms with Crippen LogP contribution < -0.4 is 0 Å². The number of carbonyl (C=O) groups is 1. The zero-order valence-corrected chi connectivity index (χ0v) is 18.3. The Bertz CT molecular complexity index is 969. The van der Waals surface area contributed by atoms with Crippen molar-refractivity contribution >= 4 is 29.3 Å². The maximum Gasteiger partial charge on any atom is 0.341 e. The molecule has 2 heterocycles. The quantitative estimate of drug-likeness (QED) is 0.378. The summed E-state index contributed by atoms with van der Waals surface area (Å²) in [5.74, 6) is 1.38. The highest BCUT2D eigenvalue weighted by Crippen LogP contribution is 2.30. The van der Waals surface area contributed by atoms with E-state index in [0.29, 0.717) is 33.9 Å². The number of benzene rings is 1. The van der Waals surface area contributed by atoms with E-state index in [1.165, 1.54) is 18.0 Å². The van der Waals surface area contributed by atoms with Gasteiger partial charge in [0.15, 0.2) is 11.0 Å². The number of ether oxygens (including phenoxy) is 1. The lowest BCUT2D eigenvalue weighted by Gasteiger charge is -2.20. The van der Waals surface area contributed by atoms with Crippen LogP contribution in [0.15, 0.2) is 46.2 Å². The van der Waals surface area contributed by atoms with Gasteiger partial charge >= 0.3 is 5.97 Å². The van der Waals surface area contributed by atoms with E-state index < -0.39 is 5.97 Å². The standard InChI is InChI=1S/C20H23ClN4O3S/c1-5-27-19(26)16-10-11-28-17(16)12-29-20-23-22-18(13(2)24(3)4)25(20)15-8-6-14(21)7-9-15/h6-11,13H,5,12H2,1-4H3/t13-/m1/s1. The summed E-state index contributed by atoms with van der Waals surface area (Å²) in [6.07, 6.45) is 1.49. The molecule has 0 saturated carbocycles. The summed E-state index contributed by atoms with van der Waals surface area (Å²) in [5.41, 5.74) is 1.34. The van der Waals surface area contributed by atoms with Crippen LogP contribution in [-0.4, -0.2) is 46.3 Å². The van der Waals surface area contributed by atoms with E-state index >= 15 is 0 Å². The van der Waals surface area contributed by atoms with Crippen molar-refractivity contribution in [3.63, 3.8) is 0 Å². The Balaban J connectivity index is 1.91. The van der Waals surface area contributed by atoms with E-state index in [2.05, 4.69) is 22.0 Å². The van der Waals surface area contributed by atoms with Crippen LogP contribution in [0, 0.1) is 0 Å². The lowest BCUT2D eigenvalue weighted by molar-refractivity contribution is 0.0524. The zero-order chi connectivity index (χ0) is 21.0. The largest absolute Gasteiger partial charge is 0.468 e. The van der Waals surface area contributed by atoms with Crippen molar-refractivity contribution in [2.45, 2.75) is 30.8 Å². The summed E-state index contributed by atoms with van der Waals surface area (Å²) in [5, 5.41) is 10.2. The summed E-state index contributed by atoms with van der Waals surface area (Å²) >= 11 is 7.50. The van der Waals surface area contributed by atoms with Gasteiger partial charge in [-0.1, -0.05) is 23.4 Å². The van der Waals surface area contributed by atoms with E-state index in [1.807, 2.05) is 42.9 Å². The van der Waals surface area contributed by atoms with Crippen LogP contribution in [0.25, 0.3) is 5.69 Å². The molecule has 0 saturated heterocycles. The van der Waals surface area contributed by atoms with Gasteiger partial charge in [-0.15, -0.1) is 10.2 Å². The van der Waals surface area contributed by atoms with Crippen LogP contribution in [0.5, 0.6) is 0 Å². The SMILES string of the molecule is CCOC(=O)c1ccoc1CSc1nnc([C@@H](C)N(C)C)n1-c1ccc(Cl)cc1. The maximum atomic E-state index is 12.1. The normalized spacial score (nSPS) is 12.3. The van der Waals surface area contributed by atoms with Crippen LogP contribution in [0.4, 0.5) is 0 Å². The predicted molar refractivity (Wildman–Crippen MR) is 113 cm³/mol. The Morgan fingerprint density at radius 3 is 2.66 bits per heavy atom. The number of aromatic nitrogens is 3. The maximum absolute atomic E-state index is 12.1. The third-order valence-corrected chi connectivity index (χ3v) is 5.65. The zero-order valence-electron chi connectivity index (χ0n) is 16.8. The second kappa shape index (κ2) is 9.47. The lowest BCUT2D eigenvalue weighted by Crippen LogP contribution is -2.20. The van der Waals surface area contributed by atoms with Gasteiger partial charge in [0.2, 0.25) is 0 Å². The van der Waals surface area contributed by atoms with Crippen LogP contribution in [0.1, 0.15) is 41.8 Å². The van der Waals surface area contributed by atoms with Crippen molar-refractivity contribution in [3.8, 4) is 5.69 Å². The molecular weight excluding hydrogens is 412 g/mol. The fourth-order valence-corrected chi connectivity index (χ4v) is 3.72. The molecule has 0 N–H and O–H groups in total. The smallest absolute Gasteiger partial charge is 0.341 e. The first-order chi connectivity index (χ1) is 13.9. The molecule has 0 aliphatic heterocycles. The number of halogens is 1. The fraction of sp³-hybridized carbons (Fsp3) is 0.350. The van der Waals surface area contributed by atoms with Crippen LogP contribution >= 0.6 is 23.4 Å². The Morgan fingerprint density at radius 2 is 2.00 bits per heavy atom. The van der Waals surface area contributed by atoms with E-state index in [-0.39, 0.29) is 6.04 Å². The molecule has 0 amide bonds. The molecule has 3 aromatic rings. The van der Waals surface area contributed by atoms with Crippen molar-refractivity contribution in [2.24, 2.45) is 0 Å². The van der Waals surface area contributed by atoms with Gasteiger partial charge in [-0.05, 0) is 58.3 Å². The molecule has 154 valence electrons. The number of rotatable bonds is 8. The Morgan fingerprint density at radius 1 is 1.28 bits per heavy atom. The second-order valence-electron chi connectivity index (χ2n) is 6.56. The number of nitrogens with zero attached hydrogens (tertiary/aromatic N) is 4. The average Bonchev–Trinajstić information content (AvgIpc) is 3.33. The monoisotopic (exact) mass is 434 g/mol. The van der Waals surface area contributed by atoms with E-state index in [1.54, 1.807) is 13.0 Å². The van der Waals surface area contributed by atoms with Crippen LogP contribution in [0.2, 0.25) is 5.02 Å². The van der Waals surface area contributed by atoms with Gasteiger partial charge in [-0.2, -0.15) is 0 Å². The van der Waals surface area contributed by atoms with Crippen molar-refractivity contribution in [1.82, 2.24) is 19.7 Å². The molecule has 1 atom stereocenters. The molecule has 0 bridgehead atoms. The molecular formula is C20H23ClN4O3S. The number of carbonyl (C=O) groups excluding carboxylic acids is 1. The number of thioether (sulfide) groups is 1. The van der Waals surface area contributed by atoms with Crippen molar-refractivity contribution in [2.75, 3.05) is 20.7 Å². The summed E-state index contributed by atoms with van der Waals surface area (Å²) < 4.78 is 12.6. The van der Waals surface area contributed by atoms with E-state index in [0.717, 1.165) is 11.5 Å². The van der Waals surface area contributed by atoms with Crippen molar-refractivity contribution in [3.05, 3.63) is 58.8 Å². The number of hydrogen-bond donors (Lipinski definition) is 0. The first-order valence-electron chi connectivity index (χ1n) is 9.16. The van der Waals surface area contributed by atoms with Gasteiger partial charge in [-0.3, -0.25) is 9.47 Å². The summed E-state index contributed by atoms with van der Waals surface area (Å²) in [6.45, 7) is 4.15. The minimum atomic E-state index is -0.391. The summed E-state index contributed by atoms with van der Waals surface area (Å²) in [7, 11) is 3.99. The molecule has 29 heavy (non-hydrogen) atoms. The highest BCUT2D eigenvalue weighted by atomic mass is 35.5. The van der Waals surface area contributed by atoms with E-state index in [9.17, 15) is 4.79 Å². The molecule has 0 spiro atoms. The summed E-state index contributed by atoms with van der Waals surface area (Å²) in [4.78, 5) is 14.1. The average molecular weight is 435 g/mol. The van der Waals surface area contributed by atoms with Gasteiger partial charge < -0.3 is 9.15 Å². The van der Waals surface area contributed by atoms with Gasteiger partial charge in [0.05, 0.1) is 24.7 Å². The Labute approximate surface area is 179 Å². The summed E-state index contributed by atoms with van der Waals surface area (Å²) in [6, 6.07) is 9.20. The van der Waals surface area contributed by atoms with Gasteiger partial charge in [-0.25, -0.2) is 4.79 Å². The predicted octanol–water partition coefficient (Wildman–Crippen LogP) is 4.61. The molecule has 9 heteroatoms. The molecule has 0 aliphatic carbocycles. The number of furan rings is 1. The molecule has 2 aromatic heterocycles. The molecule has 1 aromatic carbocycles. The first kappa shape index (κ1) is 21.4. The Hall–Kier alpha value is -2.29. The van der Waals surface area contributed by atoms with Gasteiger partial charge in [0.1, 0.15) is 11.3 Å². The molecule has 0 unspecified atom stereocenters. The second-order valence-corrected chi connectivity index (χ2v) is 7.94. The molecule has 3 rings (SSSR count). The Kier molecular flexibility index (Phi) is 7.00. The fourth-order valence-electron chi connectivity index (χ4n) is 2.68. The highest BCUT2D eigenvalue weighted by molar-refractivity contribution is 7.98. The third-order valence-electron chi connectivity index (χ3n) is 4.46. The van der Waals surface area contributed by atoms with E-state index in [4.69, 9.17) is 20.8 Å². The highest BCUT2D eigenvalue weighted by Gasteiger charge is 2.22. The molecule has 7 nitrogen and oxygen atoms in total. The van der Waals surface area contributed by atoms with Crippen LogP contribution in [0.3, 0.4) is 0 Å². The van der Waals surface area contributed by atoms with Gasteiger partial charge in [0, 0.05) is 10.7 Å². The lowest BCUT2D eigenvalue weighted by atomic mass is 10.2. The van der Waals surface area contributed by atoms with Crippen molar-refractivity contribution < 1.29 is 13.9 Å². The molecule has 0 radical (unpaired) electrons. The number of hydrogen-bond acceptors (Lipinski definition) is 7. The number of esters is 1. The van der Waals surface area contributed by atoms with Crippen molar-refractivity contribution in [1.29, 1.82) is 0 Å². The first-order valence-corrected chi connectivity index (χ1v) is 10.5.